The topological polar surface area (TPSA) is 95.0 Å². The highest BCUT2D eigenvalue weighted by molar-refractivity contribution is 5.54. The third kappa shape index (κ3) is 3.40. The number of nitrogen functional groups attached to an aromatic ring is 1. The average Bonchev–Trinajstić information content (AvgIpc) is 2.47. The Kier molecular flexibility index (Phi) is 4.46. The molecule has 1 fully saturated rings. The fourth-order valence-electron chi connectivity index (χ4n) is 2.71. The molecular formula is C15H22N4O. The Morgan fingerprint density at radius 3 is 2.80 bits per heavy atom. The van der Waals surface area contributed by atoms with Gasteiger partial charge in [-0.15, -0.1) is 0 Å². The lowest BCUT2D eigenvalue weighted by Crippen LogP contribution is -2.40. The van der Waals surface area contributed by atoms with Crippen LogP contribution in [0.5, 0.6) is 0 Å². The molecule has 1 aliphatic rings. The summed E-state index contributed by atoms with van der Waals surface area (Å²) < 4.78 is 0. The van der Waals surface area contributed by atoms with Crippen LogP contribution in [-0.4, -0.2) is 22.2 Å². The number of nitrogens with one attached hydrogen (secondary N) is 1. The lowest BCUT2D eigenvalue weighted by Gasteiger charge is -2.36. The van der Waals surface area contributed by atoms with E-state index >= 15 is 0 Å². The molecule has 0 amide bonds. The van der Waals surface area contributed by atoms with E-state index in [2.05, 4.69) is 17.2 Å². The maximum Gasteiger partial charge on any atom is 0.165 e. The Bertz CT molecular complexity index is 501. The largest absolute Gasteiger partial charge is 0.396 e. The van der Waals surface area contributed by atoms with Gasteiger partial charge in [-0.3, -0.25) is 0 Å². The fraction of sp³-hybridized carbons (Fsp3) is 0.600. The van der Waals surface area contributed by atoms with Crippen LogP contribution >= 0.6 is 0 Å². The SMILES string of the molecule is CCC1CCC(O)(CNc2ccc(N)c(C#N)n2)CC1. The van der Waals surface area contributed by atoms with Gasteiger partial charge in [0.05, 0.1) is 11.3 Å². The standard InChI is InChI=1S/C15H22N4O/c1-2-11-5-7-15(20,8-6-11)10-18-14-4-3-12(17)13(9-16)19-14/h3-4,11,20H,2,5-8,10,17H2,1H3,(H,18,19). The Hall–Kier alpha value is -1.80. The molecule has 1 aromatic rings. The summed E-state index contributed by atoms with van der Waals surface area (Å²) in [6, 6.07) is 5.35. The fourth-order valence-corrected chi connectivity index (χ4v) is 2.71. The molecule has 1 saturated carbocycles. The second-order valence-electron chi connectivity index (χ2n) is 5.68. The number of pyridine rings is 1. The van der Waals surface area contributed by atoms with Crippen molar-refractivity contribution in [3.8, 4) is 6.07 Å². The summed E-state index contributed by atoms with van der Waals surface area (Å²) in [4.78, 5) is 4.13. The first-order valence-corrected chi connectivity index (χ1v) is 7.19. The summed E-state index contributed by atoms with van der Waals surface area (Å²) in [7, 11) is 0. The number of anilines is 2. The van der Waals surface area contributed by atoms with Gasteiger partial charge >= 0.3 is 0 Å². The van der Waals surface area contributed by atoms with Crippen LogP contribution in [0.25, 0.3) is 0 Å². The lowest BCUT2D eigenvalue weighted by molar-refractivity contribution is 0.00223. The minimum Gasteiger partial charge on any atom is -0.396 e. The highest BCUT2D eigenvalue weighted by atomic mass is 16.3. The summed E-state index contributed by atoms with van der Waals surface area (Å²) >= 11 is 0. The Morgan fingerprint density at radius 1 is 1.50 bits per heavy atom. The second-order valence-corrected chi connectivity index (χ2v) is 5.68. The van der Waals surface area contributed by atoms with Crippen LogP contribution in [0, 0.1) is 17.2 Å². The van der Waals surface area contributed by atoms with Crippen LogP contribution in [0.4, 0.5) is 11.5 Å². The maximum absolute atomic E-state index is 10.5. The third-order valence-corrected chi connectivity index (χ3v) is 4.24. The van der Waals surface area contributed by atoms with Crippen molar-refractivity contribution >= 4 is 11.5 Å². The van der Waals surface area contributed by atoms with E-state index < -0.39 is 5.60 Å². The average molecular weight is 274 g/mol. The first-order chi connectivity index (χ1) is 9.56. The van der Waals surface area contributed by atoms with E-state index in [1.807, 2.05) is 6.07 Å². The van der Waals surface area contributed by atoms with Gasteiger partial charge < -0.3 is 16.2 Å². The number of rotatable bonds is 4. The number of nitrogens with zero attached hydrogens (tertiary/aromatic N) is 2. The second kappa shape index (κ2) is 6.10. The zero-order valence-electron chi connectivity index (χ0n) is 11.9. The van der Waals surface area contributed by atoms with E-state index in [-0.39, 0.29) is 5.69 Å². The molecular weight excluding hydrogens is 252 g/mol. The van der Waals surface area contributed by atoms with Gasteiger partial charge in [-0.05, 0) is 43.7 Å². The van der Waals surface area contributed by atoms with Gasteiger partial charge in [-0.25, -0.2) is 4.98 Å². The van der Waals surface area contributed by atoms with Crippen molar-refractivity contribution in [3.63, 3.8) is 0 Å². The molecule has 0 aliphatic heterocycles. The maximum atomic E-state index is 10.5. The first kappa shape index (κ1) is 14.6. The van der Waals surface area contributed by atoms with Crippen LogP contribution in [-0.2, 0) is 0 Å². The van der Waals surface area contributed by atoms with Gasteiger partial charge in [-0.1, -0.05) is 13.3 Å². The van der Waals surface area contributed by atoms with Crippen LogP contribution in [0.1, 0.15) is 44.7 Å². The predicted octanol–water partition coefficient (Wildman–Crippen LogP) is 2.28. The molecule has 0 saturated heterocycles. The molecule has 2 rings (SSSR count). The van der Waals surface area contributed by atoms with Gasteiger partial charge in [0.1, 0.15) is 11.9 Å². The van der Waals surface area contributed by atoms with E-state index in [0.29, 0.717) is 18.1 Å². The predicted molar refractivity (Wildman–Crippen MR) is 79.1 cm³/mol. The number of aliphatic hydroxyl groups is 1. The van der Waals surface area contributed by atoms with Crippen molar-refractivity contribution in [3.05, 3.63) is 17.8 Å². The van der Waals surface area contributed by atoms with E-state index in [0.717, 1.165) is 31.6 Å². The van der Waals surface area contributed by atoms with E-state index in [4.69, 9.17) is 11.0 Å². The smallest absolute Gasteiger partial charge is 0.165 e. The summed E-state index contributed by atoms with van der Waals surface area (Å²) in [5.74, 6) is 1.33. The molecule has 0 spiro atoms. The molecule has 0 radical (unpaired) electrons. The van der Waals surface area contributed by atoms with Gasteiger partial charge in [0.25, 0.3) is 0 Å². The molecule has 5 heteroatoms. The highest BCUT2D eigenvalue weighted by Crippen LogP contribution is 2.33. The number of hydrogen-bond acceptors (Lipinski definition) is 5. The molecule has 108 valence electrons. The van der Waals surface area contributed by atoms with Gasteiger partial charge in [0.15, 0.2) is 5.69 Å². The van der Waals surface area contributed by atoms with E-state index in [9.17, 15) is 5.11 Å². The van der Waals surface area contributed by atoms with Crippen LogP contribution in [0.2, 0.25) is 0 Å². The number of hydrogen-bond donors (Lipinski definition) is 3. The molecule has 1 aromatic heterocycles. The van der Waals surface area contributed by atoms with Gasteiger partial charge in [-0.2, -0.15) is 5.26 Å². The molecule has 1 heterocycles. The van der Waals surface area contributed by atoms with E-state index in [1.54, 1.807) is 12.1 Å². The van der Waals surface area contributed by atoms with Crippen molar-refractivity contribution in [1.82, 2.24) is 4.98 Å². The van der Waals surface area contributed by atoms with Crippen molar-refractivity contribution in [2.75, 3.05) is 17.6 Å². The molecule has 0 aromatic carbocycles. The number of aromatic nitrogens is 1. The van der Waals surface area contributed by atoms with Crippen molar-refractivity contribution in [2.24, 2.45) is 5.92 Å². The molecule has 20 heavy (non-hydrogen) atoms. The van der Waals surface area contributed by atoms with Crippen molar-refractivity contribution < 1.29 is 5.11 Å². The molecule has 0 unspecified atom stereocenters. The summed E-state index contributed by atoms with van der Waals surface area (Å²) in [6.45, 7) is 2.67. The zero-order valence-corrected chi connectivity index (χ0v) is 11.9. The Labute approximate surface area is 119 Å². The highest BCUT2D eigenvalue weighted by Gasteiger charge is 2.32. The third-order valence-electron chi connectivity index (χ3n) is 4.24. The monoisotopic (exact) mass is 274 g/mol. The minimum absolute atomic E-state index is 0.219. The van der Waals surface area contributed by atoms with Crippen molar-refractivity contribution in [2.45, 2.75) is 44.6 Å². The first-order valence-electron chi connectivity index (χ1n) is 7.19. The molecule has 0 atom stereocenters. The molecule has 0 bridgehead atoms. The van der Waals surface area contributed by atoms with Gasteiger partial charge in [0.2, 0.25) is 0 Å². The molecule has 5 nitrogen and oxygen atoms in total. The van der Waals surface area contributed by atoms with Crippen LogP contribution < -0.4 is 11.1 Å². The molecule has 4 N–H and O–H groups in total. The Morgan fingerprint density at radius 2 is 2.20 bits per heavy atom. The van der Waals surface area contributed by atoms with E-state index in [1.165, 1.54) is 6.42 Å². The normalized spacial score (nSPS) is 25.9. The number of nitrogens with two attached hydrogens (primary N) is 1. The Balaban J connectivity index is 1.94. The molecule has 1 aliphatic carbocycles. The van der Waals surface area contributed by atoms with Crippen LogP contribution in [0.15, 0.2) is 12.1 Å². The summed E-state index contributed by atoms with van der Waals surface area (Å²) in [6.07, 6.45) is 4.98. The lowest BCUT2D eigenvalue weighted by atomic mass is 9.78. The zero-order chi connectivity index (χ0) is 14.6. The van der Waals surface area contributed by atoms with Crippen LogP contribution in [0.3, 0.4) is 0 Å². The number of nitriles is 1. The minimum atomic E-state index is -0.665. The summed E-state index contributed by atoms with van der Waals surface area (Å²) in [5, 5.41) is 22.6. The van der Waals surface area contributed by atoms with Gasteiger partial charge in [0, 0.05) is 6.54 Å². The summed E-state index contributed by atoms with van der Waals surface area (Å²) in [5.41, 5.74) is 5.56. The quantitative estimate of drug-likeness (QED) is 0.783. The van der Waals surface area contributed by atoms with Crippen molar-refractivity contribution in [1.29, 1.82) is 5.26 Å².